The van der Waals surface area contributed by atoms with Gasteiger partial charge >= 0.3 is 5.97 Å². The summed E-state index contributed by atoms with van der Waals surface area (Å²) in [5.74, 6) is -1.89. The number of rotatable bonds is 6. The summed E-state index contributed by atoms with van der Waals surface area (Å²) in [6.45, 7) is 5.40. The van der Waals surface area contributed by atoms with Crippen molar-refractivity contribution in [3.05, 3.63) is 46.5 Å². The van der Waals surface area contributed by atoms with E-state index in [1.165, 1.54) is 4.90 Å². The molecule has 1 fully saturated rings. The van der Waals surface area contributed by atoms with Gasteiger partial charge in [0.2, 0.25) is 17.6 Å². The molecule has 1 heterocycles. The number of aryl methyl sites for hydroxylation is 3. The number of ether oxygens (including phenoxy) is 1. The van der Waals surface area contributed by atoms with E-state index in [2.05, 4.69) is 0 Å². The fourth-order valence-electron chi connectivity index (χ4n) is 3.85. The van der Waals surface area contributed by atoms with Crippen LogP contribution in [0.5, 0.6) is 0 Å². The lowest BCUT2D eigenvalue weighted by atomic mass is 9.85. The molecular formula is C22H25NO5. The number of benzene rings is 1. The Bertz CT molecular complexity index is 844. The standard InChI is InChI=1S/C22H25NO5/c1-13-10-15(3)18(11-14(13)2)19(24)12-28-20(25)8-9-23-21(26)16-6-4-5-7-17(16)22(23)27/h4-5,10-11,16-17H,6-9,12H2,1-3H3/t16-,17+. The van der Waals surface area contributed by atoms with Crippen molar-refractivity contribution in [3.63, 3.8) is 0 Å². The number of esters is 1. The van der Waals surface area contributed by atoms with Gasteiger partial charge in [-0.15, -0.1) is 0 Å². The average Bonchev–Trinajstić information content (AvgIpc) is 2.92. The predicted octanol–water partition coefficient (Wildman–Crippen LogP) is 2.68. The number of fused-ring (bicyclic) bond motifs is 1. The topological polar surface area (TPSA) is 80.8 Å². The SMILES string of the molecule is Cc1cc(C)c(C(=O)COC(=O)CCN2C(=O)[C@H]3CC=CC[C@H]3C2=O)cc1C. The molecule has 0 bridgehead atoms. The molecule has 0 aromatic heterocycles. The molecule has 6 nitrogen and oxygen atoms in total. The summed E-state index contributed by atoms with van der Waals surface area (Å²) in [4.78, 5) is 50.3. The first-order valence-corrected chi connectivity index (χ1v) is 9.56. The van der Waals surface area contributed by atoms with Crippen LogP contribution in [0, 0.1) is 32.6 Å². The van der Waals surface area contributed by atoms with Crippen molar-refractivity contribution in [2.75, 3.05) is 13.2 Å². The molecule has 1 aromatic carbocycles. The van der Waals surface area contributed by atoms with Gasteiger partial charge in [-0.25, -0.2) is 0 Å². The molecule has 0 radical (unpaired) electrons. The maximum absolute atomic E-state index is 12.4. The van der Waals surface area contributed by atoms with Crippen LogP contribution in [0.15, 0.2) is 24.3 Å². The van der Waals surface area contributed by atoms with Gasteiger partial charge in [0.25, 0.3) is 0 Å². The maximum Gasteiger partial charge on any atom is 0.308 e. The smallest absolute Gasteiger partial charge is 0.308 e. The average molecular weight is 383 g/mol. The summed E-state index contributed by atoms with van der Waals surface area (Å²) in [7, 11) is 0. The van der Waals surface area contributed by atoms with Crippen LogP contribution in [-0.2, 0) is 19.1 Å². The summed E-state index contributed by atoms with van der Waals surface area (Å²) in [5, 5.41) is 0. The van der Waals surface area contributed by atoms with Gasteiger partial charge in [-0.2, -0.15) is 0 Å². The Balaban J connectivity index is 1.51. The third kappa shape index (κ3) is 3.91. The normalized spacial score (nSPS) is 21.0. The van der Waals surface area contributed by atoms with Gasteiger partial charge in [-0.05, 0) is 56.4 Å². The van der Waals surface area contributed by atoms with Crippen LogP contribution in [0.2, 0.25) is 0 Å². The van der Waals surface area contributed by atoms with E-state index in [1.807, 2.05) is 39.0 Å². The number of hydrogen-bond donors (Lipinski definition) is 0. The van der Waals surface area contributed by atoms with E-state index in [9.17, 15) is 19.2 Å². The zero-order valence-corrected chi connectivity index (χ0v) is 16.5. The molecule has 3 rings (SSSR count). The Morgan fingerprint density at radius 1 is 0.964 bits per heavy atom. The van der Waals surface area contributed by atoms with Crippen molar-refractivity contribution < 1.29 is 23.9 Å². The second-order valence-corrected chi connectivity index (χ2v) is 7.57. The summed E-state index contributed by atoms with van der Waals surface area (Å²) in [6.07, 6.45) is 4.87. The van der Waals surface area contributed by atoms with Crippen LogP contribution in [0.3, 0.4) is 0 Å². The third-order valence-electron chi connectivity index (χ3n) is 5.64. The minimum Gasteiger partial charge on any atom is -0.457 e. The van der Waals surface area contributed by atoms with Gasteiger partial charge in [0.1, 0.15) is 0 Å². The molecule has 1 aliphatic carbocycles. The van der Waals surface area contributed by atoms with E-state index in [1.54, 1.807) is 6.07 Å². The molecule has 0 spiro atoms. The lowest BCUT2D eigenvalue weighted by Crippen LogP contribution is -2.33. The van der Waals surface area contributed by atoms with Gasteiger partial charge in [-0.3, -0.25) is 24.1 Å². The number of nitrogens with zero attached hydrogens (tertiary/aromatic N) is 1. The van der Waals surface area contributed by atoms with Crippen molar-refractivity contribution in [2.24, 2.45) is 11.8 Å². The first-order chi connectivity index (χ1) is 13.3. The van der Waals surface area contributed by atoms with Crippen LogP contribution in [0.25, 0.3) is 0 Å². The van der Waals surface area contributed by atoms with E-state index in [0.717, 1.165) is 16.7 Å². The number of amides is 2. The van der Waals surface area contributed by atoms with E-state index >= 15 is 0 Å². The van der Waals surface area contributed by atoms with Crippen molar-refractivity contribution in [1.82, 2.24) is 4.90 Å². The molecule has 2 amide bonds. The molecule has 2 atom stereocenters. The van der Waals surface area contributed by atoms with Gasteiger partial charge in [0, 0.05) is 12.1 Å². The molecule has 2 aliphatic rings. The summed E-state index contributed by atoms with van der Waals surface area (Å²) < 4.78 is 5.08. The van der Waals surface area contributed by atoms with Crippen LogP contribution < -0.4 is 0 Å². The minimum absolute atomic E-state index is 0.000355. The molecule has 6 heteroatoms. The highest BCUT2D eigenvalue weighted by atomic mass is 16.5. The monoisotopic (exact) mass is 383 g/mol. The van der Waals surface area contributed by atoms with Crippen LogP contribution >= 0.6 is 0 Å². The predicted molar refractivity (Wildman–Crippen MR) is 103 cm³/mol. The van der Waals surface area contributed by atoms with Gasteiger partial charge < -0.3 is 4.74 Å². The lowest BCUT2D eigenvalue weighted by Gasteiger charge is -2.14. The molecule has 148 valence electrons. The number of carbonyl (C=O) groups is 4. The molecule has 0 unspecified atom stereocenters. The summed E-state index contributed by atoms with van der Waals surface area (Å²) in [6, 6.07) is 3.74. The number of carbonyl (C=O) groups excluding carboxylic acids is 4. The van der Waals surface area contributed by atoms with Crippen molar-refractivity contribution >= 4 is 23.6 Å². The second-order valence-electron chi connectivity index (χ2n) is 7.57. The first-order valence-electron chi connectivity index (χ1n) is 9.56. The van der Waals surface area contributed by atoms with Crippen molar-refractivity contribution in [2.45, 2.75) is 40.0 Å². The quantitative estimate of drug-likeness (QED) is 0.327. The number of likely N-dealkylation sites (tertiary alicyclic amines) is 1. The van der Waals surface area contributed by atoms with Crippen LogP contribution in [0.1, 0.15) is 46.3 Å². The lowest BCUT2D eigenvalue weighted by molar-refractivity contribution is -0.145. The fourth-order valence-corrected chi connectivity index (χ4v) is 3.85. The Hall–Kier alpha value is -2.76. The molecular weight excluding hydrogens is 358 g/mol. The van der Waals surface area contributed by atoms with Crippen molar-refractivity contribution in [1.29, 1.82) is 0 Å². The Morgan fingerprint density at radius 3 is 2.14 bits per heavy atom. The number of ketones is 1. The van der Waals surface area contributed by atoms with Crippen LogP contribution in [0.4, 0.5) is 0 Å². The fraction of sp³-hybridized carbons (Fsp3) is 0.455. The molecule has 0 saturated carbocycles. The Morgan fingerprint density at radius 2 is 1.54 bits per heavy atom. The molecule has 28 heavy (non-hydrogen) atoms. The van der Waals surface area contributed by atoms with E-state index in [0.29, 0.717) is 18.4 Å². The minimum atomic E-state index is -0.594. The van der Waals surface area contributed by atoms with Gasteiger partial charge in [0.15, 0.2) is 6.61 Å². The van der Waals surface area contributed by atoms with E-state index in [4.69, 9.17) is 4.74 Å². The van der Waals surface area contributed by atoms with E-state index < -0.39 is 5.97 Å². The van der Waals surface area contributed by atoms with Gasteiger partial charge in [-0.1, -0.05) is 18.2 Å². The first kappa shape index (κ1) is 20.0. The molecule has 1 aromatic rings. The second kappa shape index (κ2) is 8.09. The third-order valence-corrected chi connectivity index (χ3v) is 5.64. The Labute approximate surface area is 164 Å². The molecule has 1 aliphatic heterocycles. The van der Waals surface area contributed by atoms with Gasteiger partial charge in [0.05, 0.1) is 18.3 Å². The zero-order valence-electron chi connectivity index (χ0n) is 16.5. The molecule has 1 saturated heterocycles. The number of Topliss-reactive ketones (excluding diaryl/α,β-unsaturated/α-hetero) is 1. The highest BCUT2D eigenvalue weighted by Gasteiger charge is 2.46. The summed E-state index contributed by atoms with van der Waals surface area (Å²) >= 11 is 0. The van der Waals surface area contributed by atoms with E-state index in [-0.39, 0.29) is 49.0 Å². The van der Waals surface area contributed by atoms with Crippen molar-refractivity contribution in [3.8, 4) is 0 Å². The maximum atomic E-state index is 12.4. The highest BCUT2D eigenvalue weighted by Crippen LogP contribution is 2.35. The number of hydrogen-bond acceptors (Lipinski definition) is 5. The van der Waals surface area contributed by atoms with Crippen LogP contribution in [-0.4, -0.2) is 41.6 Å². The molecule has 0 N–H and O–H groups in total. The summed E-state index contributed by atoms with van der Waals surface area (Å²) in [5.41, 5.74) is 3.48. The number of imide groups is 1. The number of allylic oxidation sites excluding steroid dienone is 2. The largest absolute Gasteiger partial charge is 0.457 e. The highest BCUT2D eigenvalue weighted by molar-refractivity contribution is 6.05. The Kier molecular flexibility index (Phi) is 5.77. The zero-order chi connectivity index (χ0) is 20.4.